The third-order valence-corrected chi connectivity index (χ3v) is 3.18. The van der Waals surface area contributed by atoms with Gasteiger partial charge in [-0.15, -0.1) is 0 Å². The van der Waals surface area contributed by atoms with Crippen molar-refractivity contribution in [3.8, 4) is 6.01 Å². The first-order valence-corrected chi connectivity index (χ1v) is 7.63. The van der Waals surface area contributed by atoms with Crippen molar-refractivity contribution in [2.24, 2.45) is 0 Å². The normalized spacial score (nSPS) is 10.3. The van der Waals surface area contributed by atoms with E-state index in [0.717, 1.165) is 13.0 Å². The maximum Gasteiger partial charge on any atom is 0.323 e. The fourth-order valence-electron chi connectivity index (χ4n) is 1.52. The molecule has 2 rings (SSSR count). The lowest BCUT2D eigenvalue weighted by atomic mass is 10.3. The van der Waals surface area contributed by atoms with Gasteiger partial charge < -0.3 is 15.4 Å². The second kappa shape index (κ2) is 7.64. The van der Waals surface area contributed by atoms with Crippen molar-refractivity contribution in [2.75, 3.05) is 23.8 Å². The number of ether oxygens (including phenoxy) is 1. The van der Waals surface area contributed by atoms with Crippen molar-refractivity contribution in [3.63, 3.8) is 0 Å². The largest absolute Gasteiger partial charge is 0.464 e. The van der Waals surface area contributed by atoms with Gasteiger partial charge >= 0.3 is 6.01 Å². The second-order valence-electron chi connectivity index (χ2n) is 4.11. The van der Waals surface area contributed by atoms with Crippen LogP contribution >= 0.6 is 11.3 Å². The minimum Gasteiger partial charge on any atom is -0.464 e. The molecule has 0 radical (unpaired) electrons. The van der Waals surface area contributed by atoms with Crippen molar-refractivity contribution in [3.05, 3.63) is 22.4 Å². The summed E-state index contributed by atoms with van der Waals surface area (Å²) in [5, 5.41) is 10.5. The van der Waals surface area contributed by atoms with E-state index in [0.29, 0.717) is 31.1 Å². The summed E-state index contributed by atoms with van der Waals surface area (Å²) in [7, 11) is 0. The van der Waals surface area contributed by atoms with Gasteiger partial charge in [0, 0.05) is 13.1 Å². The van der Waals surface area contributed by atoms with Crippen molar-refractivity contribution < 1.29 is 4.74 Å². The molecule has 0 unspecified atom stereocenters. The summed E-state index contributed by atoms with van der Waals surface area (Å²) in [6.07, 6.45) is 1.01. The SMILES string of the molecule is CCCNc1nc(NCc2ccsc2)nc(OCC)n1. The molecule has 2 aromatic rings. The van der Waals surface area contributed by atoms with Crippen LogP contribution in [-0.4, -0.2) is 28.1 Å². The van der Waals surface area contributed by atoms with Gasteiger partial charge in [0.05, 0.1) is 6.61 Å². The van der Waals surface area contributed by atoms with Crippen LogP contribution in [0.15, 0.2) is 16.8 Å². The first-order valence-electron chi connectivity index (χ1n) is 6.69. The Kier molecular flexibility index (Phi) is 5.55. The van der Waals surface area contributed by atoms with Gasteiger partial charge in [0.1, 0.15) is 0 Å². The molecule has 0 fully saturated rings. The lowest BCUT2D eigenvalue weighted by Crippen LogP contribution is -2.11. The molecule has 2 heterocycles. The van der Waals surface area contributed by atoms with Gasteiger partial charge in [-0.2, -0.15) is 26.3 Å². The van der Waals surface area contributed by atoms with Crippen molar-refractivity contribution >= 4 is 23.2 Å². The predicted octanol–water partition coefficient (Wildman–Crippen LogP) is 2.77. The Balaban J connectivity index is 2.06. The number of anilines is 2. The molecule has 108 valence electrons. The van der Waals surface area contributed by atoms with Crippen LogP contribution in [0.1, 0.15) is 25.8 Å². The Hall–Kier alpha value is -1.89. The van der Waals surface area contributed by atoms with Gasteiger partial charge in [-0.05, 0) is 35.7 Å². The molecule has 0 spiro atoms. The van der Waals surface area contributed by atoms with Crippen LogP contribution in [0.3, 0.4) is 0 Å². The summed E-state index contributed by atoms with van der Waals surface area (Å²) >= 11 is 1.67. The summed E-state index contributed by atoms with van der Waals surface area (Å²) in [6.45, 7) is 6.03. The minimum atomic E-state index is 0.342. The first kappa shape index (κ1) is 14.5. The van der Waals surface area contributed by atoms with Gasteiger partial charge in [-0.3, -0.25) is 0 Å². The fourth-order valence-corrected chi connectivity index (χ4v) is 2.19. The molecule has 0 atom stereocenters. The van der Waals surface area contributed by atoms with Crippen LogP contribution in [0.2, 0.25) is 0 Å². The van der Waals surface area contributed by atoms with Crippen LogP contribution in [0.5, 0.6) is 6.01 Å². The van der Waals surface area contributed by atoms with Crippen LogP contribution in [0, 0.1) is 0 Å². The van der Waals surface area contributed by atoms with Gasteiger partial charge in [0.15, 0.2) is 0 Å². The predicted molar refractivity (Wildman–Crippen MR) is 81.4 cm³/mol. The Morgan fingerprint density at radius 3 is 2.60 bits per heavy atom. The van der Waals surface area contributed by atoms with E-state index in [2.05, 4.69) is 44.0 Å². The zero-order chi connectivity index (χ0) is 14.2. The molecule has 0 aliphatic carbocycles. The number of hydrogen-bond acceptors (Lipinski definition) is 7. The molecule has 2 aromatic heterocycles. The topological polar surface area (TPSA) is 72.0 Å². The summed E-state index contributed by atoms with van der Waals surface area (Å²) in [6, 6.07) is 2.41. The summed E-state index contributed by atoms with van der Waals surface area (Å²) in [5.41, 5.74) is 1.21. The van der Waals surface area contributed by atoms with Crippen molar-refractivity contribution in [2.45, 2.75) is 26.8 Å². The van der Waals surface area contributed by atoms with Crippen LogP contribution < -0.4 is 15.4 Å². The van der Waals surface area contributed by atoms with Gasteiger partial charge in [0.25, 0.3) is 0 Å². The fraction of sp³-hybridized carbons (Fsp3) is 0.462. The molecule has 2 N–H and O–H groups in total. The number of hydrogen-bond donors (Lipinski definition) is 2. The van der Waals surface area contributed by atoms with E-state index in [1.54, 1.807) is 11.3 Å². The Bertz CT molecular complexity index is 517. The lowest BCUT2D eigenvalue weighted by molar-refractivity contribution is 0.312. The maximum atomic E-state index is 5.36. The molecular weight excluding hydrogens is 274 g/mol. The molecule has 6 nitrogen and oxygen atoms in total. The first-order chi connectivity index (χ1) is 9.81. The molecule has 0 amide bonds. The van der Waals surface area contributed by atoms with Crippen molar-refractivity contribution in [1.29, 1.82) is 0 Å². The highest BCUT2D eigenvalue weighted by Gasteiger charge is 2.07. The molecule has 0 aliphatic heterocycles. The summed E-state index contributed by atoms with van der Waals surface area (Å²) in [5.74, 6) is 1.06. The highest BCUT2D eigenvalue weighted by molar-refractivity contribution is 7.07. The van der Waals surface area contributed by atoms with Gasteiger partial charge in [-0.25, -0.2) is 0 Å². The quantitative estimate of drug-likeness (QED) is 0.780. The highest BCUT2D eigenvalue weighted by Crippen LogP contribution is 2.13. The van der Waals surface area contributed by atoms with Crippen molar-refractivity contribution in [1.82, 2.24) is 15.0 Å². The van der Waals surface area contributed by atoms with Crippen LogP contribution in [0.4, 0.5) is 11.9 Å². The van der Waals surface area contributed by atoms with E-state index in [4.69, 9.17) is 4.74 Å². The minimum absolute atomic E-state index is 0.342. The molecule has 0 aliphatic rings. The zero-order valence-electron chi connectivity index (χ0n) is 11.7. The number of thiophene rings is 1. The van der Waals surface area contributed by atoms with E-state index >= 15 is 0 Å². The van der Waals surface area contributed by atoms with Crippen LogP contribution in [-0.2, 0) is 6.54 Å². The Labute approximate surface area is 122 Å². The molecule has 0 saturated heterocycles. The van der Waals surface area contributed by atoms with E-state index in [-0.39, 0.29) is 0 Å². The summed E-state index contributed by atoms with van der Waals surface area (Å²) < 4.78 is 5.36. The maximum absolute atomic E-state index is 5.36. The molecule has 0 saturated carbocycles. The monoisotopic (exact) mass is 293 g/mol. The zero-order valence-corrected chi connectivity index (χ0v) is 12.5. The van der Waals surface area contributed by atoms with E-state index in [1.165, 1.54) is 5.56 Å². The molecule has 0 aromatic carbocycles. The summed E-state index contributed by atoms with van der Waals surface area (Å²) in [4.78, 5) is 12.8. The number of nitrogens with zero attached hydrogens (tertiary/aromatic N) is 3. The lowest BCUT2D eigenvalue weighted by Gasteiger charge is -2.09. The van der Waals surface area contributed by atoms with E-state index in [1.807, 2.05) is 12.3 Å². The third-order valence-electron chi connectivity index (χ3n) is 2.45. The second-order valence-corrected chi connectivity index (χ2v) is 4.89. The number of nitrogens with one attached hydrogen (secondary N) is 2. The van der Waals surface area contributed by atoms with Crippen LogP contribution in [0.25, 0.3) is 0 Å². The third kappa shape index (κ3) is 4.34. The average molecular weight is 293 g/mol. The molecule has 20 heavy (non-hydrogen) atoms. The van der Waals surface area contributed by atoms with E-state index < -0.39 is 0 Å². The standard InChI is InChI=1S/C13H19N5OS/c1-3-6-14-11-16-12(18-13(17-11)19-4-2)15-8-10-5-7-20-9-10/h5,7,9H,3-4,6,8H2,1-2H3,(H2,14,15,16,17,18). The number of rotatable bonds is 8. The number of aromatic nitrogens is 3. The van der Waals surface area contributed by atoms with Gasteiger partial charge in [0.2, 0.25) is 11.9 Å². The Morgan fingerprint density at radius 2 is 1.95 bits per heavy atom. The van der Waals surface area contributed by atoms with E-state index in [9.17, 15) is 0 Å². The molecule has 7 heteroatoms. The van der Waals surface area contributed by atoms with Gasteiger partial charge in [-0.1, -0.05) is 6.92 Å². The molecular formula is C13H19N5OS. The average Bonchev–Trinajstić information content (AvgIpc) is 2.96. The highest BCUT2D eigenvalue weighted by atomic mass is 32.1. The Morgan fingerprint density at radius 1 is 1.15 bits per heavy atom. The molecule has 0 bridgehead atoms. The smallest absolute Gasteiger partial charge is 0.323 e.